The Balaban J connectivity index is 1.54. The smallest absolute Gasteiger partial charge is 0.243 e. The summed E-state index contributed by atoms with van der Waals surface area (Å²) < 4.78 is 51.6. The van der Waals surface area contributed by atoms with Crippen molar-refractivity contribution in [2.24, 2.45) is 5.92 Å². The zero-order valence-electron chi connectivity index (χ0n) is 16.0. The van der Waals surface area contributed by atoms with Gasteiger partial charge in [-0.2, -0.15) is 4.31 Å². The average Bonchev–Trinajstić information content (AvgIpc) is 2.68. The fourth-order valence-corrected chi connectivity index (χ4v) is 6.18. The van der Waals surface area contributed by atoms with Crippen LogP contribution < -0.4 is 5.32 Å². The van der Waals surface area contributed by atoms with E-state index in [2.05, 4.69) is 5.32 Å². The van der Waals surface area contributed by atoms with E-state index < -0.39 is 20.0 Å². The van der Waals surface area contributed by atoms with Crippen molar-refractivity contribution in [2.45, 2.75) is 36.6 Å². The van der Waals surface area contributed by atoms with Crippen LogP contribution in [0.1, 0.15) is 25.7 Å². The largest absolute Gasteiger partial charge is 0.352 e. The summed E-state index contributed by atoms with van der Waals surface area (Å²) in [4.78, 5) is 12.9. The van der Waals surface area contributed by atoms with Crippen molar-refractivity contribution < 1.29 is 21.6 Å². The highest BCUT2D eigenvalue weighted by molar-refractivity contribution is 7.89. The van der Waals surface area contributed by atoms with Gasteiger partial charge in [-0.15, -0.1) is 0 Å². The van der Waals surface area contributed by atoms with Gasteiger partial charge in [-0.05, 0) is 37.8 Å². The van der Waals surface area contributed by atoms with E-state index in [1.165, 1.54) is 14.9 Å². The number of hydrogen-bond donors (Lipinski definition) is 1. The van der Waals surface area contributed by atoms with E-state index >= 15 is 0 Å². The minimum absolute atomic E-state index is 0.114. The Hall–Kier alpha value is -1.49. The highest BCUT2D eigenvalue weighted by Gasteiger charge is 2.33. The monoisotopic (exact) mass is 429 g/mol. The first-order chi connectivity index (χ1) is 13.2. The Bertz CT molecular complexity index is 894. The second kappa shape index (κ2) is 8.48. The van der Waals surface area contributed by atoms with E-state index in [4.69, 9.17) is 0 Å². The van der Waals surface area contributed by atoms with Crippen LogP contribution in [-0.2, 0) is 24.8 Å². The van der Waals surface area contributed by atoms with Crippen LogP contribution in [0.15, 0.2) is 35.2 Å². The first-order valence-electron chi connectivity index (χ1n) is 9.48. The lowest BCUT2D eigenvalue weighted by molar-refractivity contribution is -0.127. The maximum absolute atomic E-state index is 12.7. The fraction of sp³-hybridized carbons (Fsp3) is 0.611. The number of sulfonamides is 2. The van der Waals surface area contributed by atoms with Gasteiger partial charge in [0.1, 0.15) is 0 Å². The number of carbonyl (C=O) groups excluding carboxylic acids is 1. The van der Waals surface area contributed by atoms with Gasteiger partial charge in [0.05, 0.1) is 11.2 Å². The fourth-order valence-electron chi connectivity index (χ4n) is 3.78. The molecule has 1 unspecified atom stereocenters. The van der Waals surface area contributed by atoms with Crippen LogP contribution >= 0.6 is 0 Å². The van der Waals surface area contributed by atoms with E-state index in [1.54, 1.807) is 30.3 Å². The van der Waals surface area contributed by atoms with Crippen LogP contribution in [0.2, 0.25) is 0 Å². The summed E-state index contributed by atoms with van der Waals surface area (Å²) in [6.07, 6.45) is 3.56. The van der Waals surface area contributed by atoms with Gasteiger partial charge in [-0.1, -0.05) is 18.2 Å². The van der Waals surface area contributed by atoms with Crippen molar-refractivity contribution in [3.8, 4) is 0 Å². The number of carbonyl (C=O) groups is 1. The molecule has 3 rings (SSSR count). The molecule has 1 atom stereocenters. The lowest BCUT2D eigenvalue weighted by Crippen LogP contribution is -2.51. The van der Waals surface area contributed by atoms with E-state index in [9.17, 15) is 21.6 Å². The van der Waals surface area contributed by atoms with Crippen molar-refractivity contribution >= 4 is 26.0 Å². The maximum atomic E-state index is 12.7. The van der Waals surface area contributed by atoms with E-state index in [-0.39, 0.29) is 22.8 Å². The Kier molecular flexibility index (Phi) is 6.43. The van der Waals surface area contributed by atoms with Crippen LogP contribution in [0.25, 0.3) is 0 Å². The van der Waals surface area contributed by atoms with E-state index in [1.807, 2.05) is 0 Å². The lowest BCUT2D eigenvalue weighted by Gasteiger charge is -2.34. The minimum Gasteiger partial charge on any atom is -0.352 e. The molecule has 156 valence electrons. The molecule has 1 aromatic rings. The molecule has 0 aromatic heterocycles. The number of amides is 1. The molecule has 2 fully saturated rings. The van der Waals surface area contributed by atoms with Crippen LogP contribution in [0.3, 0.4) is 0 Å². The van der Waals surface area contributed by atoms with Gasteiger partial charge < -0.3 is 5.32 Å². The number of benzene rings is 1. The molecule has 10 heteroatoms. The summed E-state index contributed by atoms with van der Waals surface area (Å²) in [5, 5.41) is 2.96. The van der Waals surface area contributed by atoms with Gasteiger partial charge in [0.25, 0.3) is 0 Å². The van der Waals surface area contributed by atoms with E-state index in [0.29, 0.717) is 45.4 Å². The molecule has 0 bridgehead atoms. The molecule has 8 nitrogen and oxygen atoms in total. The lowest BCUT2D eigenvalue weighted by atomic mass is 9.96. The Morgan fingerprint density at radius 3 is 2.21 bits per heavy atom. The predicted octanol–water partition coefficient (Wildman–Crippen LogP) is 0.628. The normalized spacial score (nSPS) is 23.4. The first kappa shape index (κ1) is 21.2. The Morgan fingerprint density at radius 2 is 1.61 bits per heavy atom. The third-order valence-electron chi connectivity index (χ3n) is 5.41. The average molecular weight is 430 g/mol. The van der Waals surface area contributed by atoms with Gasteiger partial charge in [-0.3, -0.25) is 4.79 Å². The number of nitrogens with zero attached hydrogens (tertiary/aromatic N) is 2. The van der Waals surface area contributed by atoms with Crippen molar-refractivity contribution in [3.05, 3.63) is 30.3 Å². The summed E-state index contributed by atoms with van der Waals surface area (Å²) in [5.74, 6) is -0.368. The van der Waals surface area contributed by atoms with Gasteiger partial charge >= 0.3 is 0 Å². The Morgan fingerprint density at radius 1 is 0.964 bits per heavy atom. The number of nitrogens with one attached hydrogen (secondary N) is 1. The maximum Gasteiger partial charge on any atom is 0.243 e. The highest BCUT2D eigenvalue weighted by atomic mass is 32.2. The molecule has 0 aliphatic carbocycles. The van der Waals surface area contributed by atoms with Crippen LogP contribution in [-0.4, -0.2) is 69.8 Å². The third-order valence-corrected chi connectivity index (χ3v) is 8.59. The molecular weight excluding hydrogens is 402 g/mol. The number of piperidine rings is 2. The van der Waals surface area contributed by atoms with Gasteiger partial charge in [0.2, 0.25) is 26.0 Å². The molecule has 2 heterocycles. The van der Waals surface area contributed by atoms with Crippen LogP contribution in [0, 0.1) is 5.92 Å². The zero-order chi connectivity index (χ0) is 20.4. The topological polar surface area (TPSA) is 104 Å². The quantitative estimate of drug-likeness (QED) is 0.739. The Labute approximate surface area is 167 Å². The van der Waals surface area contributed by atoms with Crippen LogP contribution in [0.4, 0.5) is 0 Å². The summed E-state index contributed by atoms with van der Waals surface area (Å²) in [5.41, 5.74) is 0. The number of hydrogen-bond acceptors (Lipinski definition) is 5. The molecule has 2 saturated heterocycles. The molecule has 0 radical (unpaired) electrons. The molecule has 2 aliphatic rings. The van der Waals surface area contributed by atoms with Crippen molar-refractivity contribution in [1.29, 1.82) is 0 Å². The minimum atomic E-state index is -3.53. The number of rotatable bonds is 5. The second-order valence-electron chi connectivity index (χ2n) is 7.46. The SMILES string of the molecule is CS(=O)(=O)N1CCCC(NC(=O)C2CCN(S(=O)(=O)c3ccccc3)CC2)C1. The van der Waals surface area contributed by atoms with Crippen molar-refractivity contribution in [2.75, 3.05) is 32.4 Å². The second-order valence-corrected chi connectivity index (χ2v) is 11.4. The van der Waals surface area contributed by atoms with Crippen molar-refractivity contribution in [1.82, 2.24) is 13.9 Å². The summed E-state index contributed by atoms with van der Waals surface area (Å²) >= 11 is 0. The van der Waals surface area contributed by atoms with Gasteiger partial charge in [-0.25, -0.2) is 21.1 Å². The first-order valence-corrected chi connectivity index (χ1v) is 12.8. The van der Waals surface area contributed by atoms with E-state index in [0.717, 1.165) is 6.42 Å². The van der Waals surface area contributed by atoms with Crippen molar-refractivity contribution in [3.63, 3.8) is 0 Å². The highest BCUT2D eigenvalue weighted by Crippen LogP contribution is 2.24. The molecular formula is C18H27N3O5S2. The summed E-state index contributed by atoms with van der Waals surface area (Å²) in [6, 6.07) is 8.11. The van der Waals surface area contributed by atoms with Gasteiger partial charge in [0.15, 0.2) is 0 Å². The third kappa shape index (κ3) is 4.91. The predicted molar refractivity (Wildman–Crippen MR) is 106 cm³/mol. The summed E-state index contributed by atoms with van der Waals surface area (Å²) in [6.45, 7) is 1.39. The molecule has 0 spiro atoms. The molecule has 1 N–H and O–H groups in total. The van der Waals surface area contributed by atoms with Gasteiger partial charge in [0, 0.05) is 38.1 Å². The molecule has 1 aromatic carbocycles. The molecule has 1 amide bonds. The standard InChI is InChI=1S/C18H27N3O5S2/c1-27(23,24)21-11-5-6-16(14-21)19-18(22)15-9-12-20(13-10-15)28(25,26)17-7-3-2-4-8-17/h2-4,7-8,15-16H,5-6,9-14H2,1H3,(H,19,22). The molecule has 2 aliphatic heterocycles. The molecule has 28 heavy (non-hydrogen) atoms. The van der Waals surface area contributed by atoms with Crippen LogP contribution in [0.5, 0.6) is 0 Å². The zero-order valence-corrected chi connectivity index (χ0v) is 17.6. The summed E-state index contributed by atoms with van der Waals surface area (Å²) in [7, 11) is -6.79. The molecule has 0 saturated carbocycles.